The zero-order chi connectivity index (χ0) is 15.7. The topological polar surface area (TPSA) is 35.2 Å². The first-order chi connectivity index (χ1) is 10.4. The molecular formula is C20H27NO. The zero-order valence-electron chi connectivity index (χ0n) is 13.9. The minimum atomic E-state index is 0.349. The largest absolute Gasteiger partial charge is 0.490 e. The van der Waals surface area contributed by atoms with Gasteiger partial charge in [-0.05, 0) is 66.7 Å². The van der Waals surface area contributed by atoms with E-state index in [0.29, 0.717) is 11.5 Å². The van der Waals surface area contributed by atoms with Crippen LogP contribution in [0.2, 0.25) is 0 Å². The number of fused-ring (bicyclic) bond motifs is 1. The van der Waals surface area contributed by atoms with Crippen LogP contribution < -0.4 is 10.5 Å². The molecule has 0 aromatic heterocycles. The highest BCUT2D eigenvalue weighted by Crippen LogP contribution is 2.39. The van der Waals surface area contributed by atoms with Crippen molar-refractivity contribution in [3.8, 4) is 5.75 Å². The fourth-order valence-electron chi connectivity index (χ4n) is 3.60. The van der Waals surface area contributed by atoms with E-state index in [9.17, 15) is 0 Å². The molecule has 3 rings (SSSR count). The molecule has 2 nitrogen and oxygen atoms in total. The lowest BCUT2D eigenvalue weighted by Crippen LogP contribution is -2.30. The predicted molar refractivity (Wildman–Crippen MR) is 94.2 cm³/mol. The zero-order valence-corrected chi connectivity index (χ0v) is 13.9. The number of ether oxygens (including phenoxy) is 1. The minimum absolute atomic E-state index is 0.349. The second kappa shape index (κ2) is 5.83. The molecule has 0 radical (unpaired) electrons. The van der Waals surface area contributed by atoms with Crippen LogP contribution in [-0.2, 0) is 0 Å². The molecule has 0 heterocycles. The van der Waals surface area contributed by atoms with E-state index in [1.807, 2.05) is 12.1 Å². The van der Waals surface area contributed by atoms with Crippen LogP contribution in [0.25, 0.3) is 10.8 Å². The molecule has 2 N–H and O–H groups in total. The summed E-state index contributed by atoms with van der Waals surface area (Å²) in [6.45, 7) is 7.07. The highest BCUT2D eigenvalue weighted by atomic mass is 16.5. The average molecular weight is 297 g/mol. The molecule has 2 aromatic carbocycles. The van der Waals surface area contributed by atoms with E-state index in [4.69, 9.17) is 10.5 Å². The second-order valence-electron chi connectivity index (χ2n) is 7.69. The van der Waals surface area contributed by atoms with E-state index in [1.54, 1.807) is 0 Å². The van der Waals surface area contributed by atoms with E-state index in [0.717, 1.165) is 41.0 Å². The maximum absolute atomic E-state index is 6.33. The standard InChI is InChI=1S/C20H27NO/c1-20(2,3)15-7-10-17(11-8-15)22-19-6-4-5-14-13-16(21)9-12-18(14)19/h4-6,9,12-13,15,17H,7-8,10-11,21H2,1-3H3/t15-,17-. The number of hydrogen-bond acceptors (Lipinski definition) is 2. The molecular weight excluding hydrogens is 270 g/mol. The van der Waals surface area contributed by atoms with Gasteiger partial charge >= 0.3 is 0 Å². The first-order valence-electron chi connectivity index (χ1n) is 8.38. The van der Waals surface area contributed by atoms with Gasteiger partial charge in [0.25, 0.3) is 0 Å². The lowest BCUT2D eigenvalue weighted by atomic mass is 9.72. The number of rotatable bonds is 2. The third-order valence-electron chi connectivity index (χ3n) is 5.06. The van der Waals surface area contributed by atoms with Crippen LogP contribution in [-0.4, -0.2) is 6.10 Å². The summed E-state index contributed by atoms with van der Waals surface area (Å²) in [6, 6.07) is 12.3. The van der Waals surface area contributed by atoms with Gasteiger partial charge in [-0.3, -0.25) is 0 Å². The Kier molecular flexibility index (Phi) is 4.03. The van der Waals surface area contributed by atoms with Crippen LogP contribution in [0.3, 0.4) is 0 Å². The predicted octanol–water partition coefficient (Wildman–Crippen LogP) is 5.41. The summed E-state index contributed by atoms with van der Waals surface area (Å²) >= 11 is 0. The SMILES string of the molecule is CC(C)(C)[C@H]1CC[C@H](Oc2cccc3cc(N)ccc23)CC1. The minimum Gasteiger partial charge on any atom is -0.490 e. The van der Waals surface area contributed by atoms with Crippen molar-refractivity contribution in [2.45, 2.75) is 52.6 Å². The molecule has 0 bridgehead atoms. The summed E-state index contributed by atoms with van der Waals surface area (Å²) in [6.07, 6.45) is 5.21. The van der Waals surface area contributed by atoms with Crippen LogP contribution in [0.5, 0.6) is 5.75 Å². The summed E-state index contributed by atoms with van der Waals surface area (Å²) < 4.78 is 6.33. The number of nitrogens with two attached hydrogens (primary N) is 1. The Balaban J connectivity index is 1.72. The van der Waals surface area contributed by atoms with Gasteiger partial charge < -0.3 is 10.5 Å². The van der Waals surface area contributed by atoms with Gasteiger partial charge in [-0.1, -0.05) is 32.9 Å². The Hall–Kier alpha value is -1.70. The quantitative estimate of drug-likeness (QED) is 0.753. The Morgan fingerprint density at radius 3 is 2.41 bits per heavy atom. The lowest BCUT2D eigenvalue weighted by molar-refractivity contribution is 0.0892. The van der Waals surface area contributed by atoms with E-state index in [2.05, 4.69) is 45.0 Å². The first-order valence-corrected chi connectivity index (χ1v) is 8.38. The van der Waals surface area contributed by atoms with E-state index in [-0.39, 0.29) is 0 Å². The van der Waals surface area contributed by atoms with Gasteiger partial charge in [0.1, 0.15) is 5.75 Å². The van der Waals surface area contributed by atoms with Crippen molar-refractivity contribution in [3.05, 3.63) is 36.4 Å². The summed E-state index contributed by atoms with van der Waals surface area (Å²) in [5.41, 5.74) is 7.09. The van der Waals surface area contributed by atoms with Gasteiger partial charge in [0, 0.05) is 11.1 Å². The number of benzene rings is 2. The fraction of sp³-hybridized carbons (Fsp3) is 0.500. The molecule has 2 aromatic rings. The molecule has 0 saturated heterocycles. The number of hydrogen-bond donors (Lipinski definition) is 1. The molecule has 1 aliphatic carbocycles. The fourth-order valence-corrected chi connectivity index (χ4v) is 3.60. The van der Waals surface area contributed by atoms with Gasteiger partial charge in [0.15, 0.2) is 0 Å². The molecule has 0 spiro atoms. The molecule has 1 fully saturated rings. The van der Waals surface area contributed by atoms with Crippen molar-refractivity contribution >= 4 is 16.5 Å². The van der Waals surface area contributed by atoms with Crippen LogP contribution in [0.15, 0.2) is 36.4 Å². The maximum atomic E-state index is 6.33. The van der Waals surface area contributed by atoms with Crippen molar-refractivity contribution in [3.63, 3.8) is 0 Å². The van der Waals surface area contributed by atoms with E-state index in [1.165, 1.54) is 12.8 Å². The van der Waals surface area contributed by atoms with E-state index < -0.39 is 0 Å². The third-order valence-corrected chi connectivity index (χ3v) is 5.06. The second-order valence-corrected chi connectivity index (χ2v) is 7.69. The van der Waals surface area contributed by atoms with E-state index >= 15 is 0 Å². The molecule has 0 unspecified atom stereocenters. The summed E-state index contributed by atoms with van der Waals surface area (Å²) in [5, 5.41) is 2.32. The number of nitrogen functional groups attached to an aromatic ring is 1. The Morgan fingerprint density at radius 2 is 1.73 bits per heavy atom. The molecule has 1 aliphatic rings. The molecule has 0 amide bonds. The summed E-state index contributed by atoms with van der Waals surface area (Å²) in [4.78, 5) is 0. The van der Waals surface area contributed by atoms with Crippen LogP contribution in [0.4, 0.5) is 5.69 Å². The van der Waals surface area contributed by atoms with Gasteiger partial charge in [0.05, 0.1) is 6.10 Å². The van der Waals surface area contributed by atoms with Gasteiger partial charge in [-0.15, -0.1) is 0 Å². The van der Waals surface area contributed by atoms with Crippen molar-refractivity contribution in [2.24, 2.45) is 11.3 Å². The normalized spacial score (nSPS) is 22.7. The Morgan fingerprint density at radius 1 is 1.00 bits per heavy atom. The van der Waals surface area contributed by atoms with Crippen molar-refractivity contribution in [1.82, 2.24) is 0 Å². The lowest BCUT2D eigenvalue weighted by Gasteiger charge is -2.37. The summed E-state index contributed by atoms with van der Waals surface area (Å²) in [7, 11) is 0. The van der Waals surface area contributed by atoms with Crippen LogP contribution >= 0.6 is 0 Å². The molecule has 118 valence electrons. The Labute approximate surface area is 133 Å². The van der Waals surface area contributed by atoms with Crippen molar-refractivity contribution < 1.29 is 4.74 Å². The smallest absolute Gasteiger partial charge is 0.127 e. The average Bonchev–Trinajstić information content (AvgIpc) is 2.47. The van der Waals surface area contributed by atoms with Gasteiger partial charge in [-0.2, -0.15) is 0 Å². The molecule has 22 heavy (non-hydrogen) atoms. The van der Waals surface area contributed by atoms with Crippen molar-refractivity contribution in [1.29, 1.82) is 0 Å². The molecule has 1 saturated carbocycles. The highest BCUT2D eigenvalue weighted by molar-refractivity contribution is 5.90. The molecule has 2 heteroatoms. The van der Waals surface area contributed by atoms with Gasteiger partial charge in [-0.25, -0.2) is 0 Å². The van der Waals surface area contributed by atoms with Crippen molar-refractivity contribution in [2.75, 3.05) is 5.73 Å². The molecule has 0 atom stereocenters. The Bertz CT molecular complexity index is 648. The van der Waals surface area contributed by atoms with Gasteiger partial charge in [0.2, 0.25) is 0 Å². The third kappa shape index (κ3) is 3.21. The first kappa shape index (κ1) is 15.2. The monoisotopic (exact) mass is 297 g/mol. The summed E-state index contributed by atoms with van der Waals surface area (Å²) in [5.74, 6) is 1.82. The molecule has 0 aliphatic heterocycles. The number of anilines is 1. The van der Waals surface area contributed by atoms with Crippen LogP contribution in [0.1, 0.15) is 46.5 Å². The highest BCUT2D eigenvalue weighted by Gasteiger charge is 2.30. The van der Waals surface area contributed by atoms with Crippen LogP contribution in [0, 0.1) is 11.3 Å². The maximum Gasteiger partial charge on any atom is 0.127 e.